The van der Waals surface area contributed by atoms with Crippen molar-refractivity contribution in [2.45, 2.75) is 27.3 Å². The molecule has 0 atom stereocenters. The van der Waals surface area contributed by atoms with Crippen LogP contribution in [0.15, 0.2) is 36.7 Å². The molecule has 3 nitrogen and oxygen atoms in total. The molecule has 2 rings (SSSR count). The Morgan fingerprint density at radius 1 is 1.24 bits per heavy atom. The third-order valence-corrected chi connectivity index (χ3v) is 3.35. The highest BCUT2D eigenvalue weighted by atomic mass is 35.5. The predicted molar refractivity (Wildman–Crippen MR) is 87.0 cm³/mol. The minimum atomic E-state index is 0.609. The van der Waals surface area contributed by atoms with E-state index in [9.17, 15) is 0 Å². The lowest BCUT2D eigenvalue weighted by atomic mass is 10.2. The van der Waals surface area contributed by atoms with Crippen LogP contribution in [0.1, 0.15) is 25.0 Å². The average Bonchev–Trinajstić information content (AvgIpc) is 2.44. The lowest BCUT2D eigenvalue weighted by Crippen LogP contribution is -2.19. The molecule has 0 aliphatic carbocycles. The highest BCUT2D eigenvalue weighted by Crippen LogP contribution is 2.31. The molecule has 21 heavy (non-hydrogen) atoms. The van der Waals surface area contributed by atoms with Crippen molar-refractivity contribution in [1.82, 2.24) is 10.3 Å². The maximum Gasteiger partial charge on any atom is 0.146 e. The molecule has 1 N–H and O–H groups in total. The number of nitrogens with zero attached hydrogens (tertiary/aromatic N) is 1. The smallest absolute Gasteiger partial charge is 0.146 e. The van der Waals surface area contributed by atoms with Crippen LogP contribution in [0.4, 0.5) is 0 Å². The van der Waals surface area contributed by atoms with Gasteiger partial charge in [-0.3, -0.25) is 4.98 Å². The standard InChI is InChI=1S/C17H21ClN2O/c1-12(2)9-20-11-14-10-19-7-6-16(14)21-17-8-13(3)4-5-15(17)18/h4-8,10,12,20H,9,11H2,1-3H3. The Morgan fingerprint density at radius 2 is 2.05 bits per heavy atom. The molecule has 1 aromatic heterocycles. The van der Waals surface area contributed by atoms with Gasteiger partial charge in [0.05, 0.1) is 5.02 Å². The fourth-order valence-electron chi connectivity index (χ4n) is 1.95. The number of ether oxygens (including phenoxy) is 1. The van der Waals surface area contributed by atoms with Crippen molar-refractivity contribution in [3.05, 3.63) is 52.8 Å². The van der Waals surface area contributed by atoms with E-state index in [1.54, 1.807) is 6.20 Å². The molecule has 0 fully saturated rings. The number of benzene rings is 1. The molecular formula is C17H21ClN2O. The van der Waals surface area contributed by atoms with Gasteiger partial charge in [0.2, 0.25) is 0 Å². The maximum absolute atomic E-state index is 6.19. The minimum Gasteiger partial charge on any atom is -0.455 e. The molecule has 112 valence electrons. The molecule has 0 amide bonds. The Hall–Kier alpha value is -1.58. The molecular weight excluding hydrogens is 284 g/mol. The number of pyridine rings is 1. The summed E-state index contributed by atoms with van der Waals surface area (Å²) in [7, 11) is 0. The van der Waals surface area contributed by atoms with Gasteiger partial charge in [-0.1, -0.05) is 31.5 Å². The number of aromatic nitrogens is 1. The van der Waals surface area contributed by atoms with Gasteiger partial charge in [0.15, 0.2) is 0 Å². The number of nitrogens with one attached hydrogen (secondary N) is 1. The summed E-state index contributed by atoms with van der Waals surface area (Å²) in [6.07, 6.45) is 3.55. The van der Waals surface area contributed by atoms with E-state index in [2.05, 4.69) is 24.1 Å². The quantitative estimate of drug-likeness (QED) is 0.848. The molecule has 0 bridgehead atoms. The molecule has 0 saturated heterocycles. The van der Waals surface area contributed by atoms with E-state index in [-0.39, 0.29) is 0 Å². The van der Waals surface area contributed by atoms with E-state index in [1.165, 1.54) is 0 Å². The summed E-state index contributed by atoms with van der Waals surface area (Å²) in [5.41, 5.74) is 2.14. The van der Waals surface area contributed by atoms with Crippen LogP contribution in [0.25, 0.3) is 0 Å². The number of halogens is 1. The SMILES string of the molecule is Cc1ccc(Cl)c(Oc2ccncc2CNCC(C)C)c1. The van der Waals surface area contributed by atoms with Crippen LogP contribution in [0.3, 0.4) is 0 Å². The Labute approximate surface area is 131 Å². The molecule has 4 heteroatoms. The van der Waals surface area contributed by atoms with Crippen molar-refractivity contribution in [3.8, 4) is 11.5 Å². The molecule has 0 saturated carbocycles. The first kappa shape index (κ1) is 15.8. The van der Waals surface area contributed by atoms with Crippen LogP contribution in [0.5, 0.6) is 11.5 Å². The van der Waals surface area contributed by atoms with Crippen LogP contribution in [0, 0.1) is 12.8 Å². The van der Waals surface area contributed by atoms with Gasteiger partial charge in [0.1, 0.15) is 11.5 Å². The Bertz CT molecular complexity index is 599. The molecule has 0 spiro atoms. The molecule has 2 aromatic rings. The van der Waals surface area contributed by atoms with Crippen molar-refractivity contribution >= 4 is 11.6 Å². The van der Waals surface area contributed by atoms with Crippen LogP contribution in [-0.2, 0) is 6.54 Å². The second-order valence-electron chi connectivity index (χ2n) is 5.54. The van der Waals surface area contributed by atoms with Crippen LogP contribution in [0.2, 0.25) is 5.02 Å². The number of hydrogen-bond donors (Lipinski definition) is 1. The lowest BCUT2D eigenvalue weighted by molar-refractivity contribution is 0.468. The zero-order chi connectivity index (χ0) is 15.2. The third kappa shape index (κ3) is 4.73. The molecule has 1 aromatic carbocycles. The van der Waals surface area contributed by atoms with Gasteiger partial charge < -0.3 is 10.1 Å². The Balaban J connectivity index is 2.14. The second kappa shape index (κ2) is 7.43. The minimum absolute atomic E-state index is 0.609. The van der Waals surface area contributed by atoms with Gasteiger partial charge in [0.25, 0.3) is 0 Å². The second-order valence-corrected chi connectivity index (χ2v) is 5.95. The van der Waals surface area contributed by atoms with Gasteiger partial charge >= 0.3 is 0 Å². The number of hydrogen-bond acceptors (Lipinski definition) is 3. The fourth-order valence-corrected chi connectivity index (χ4v) is 2.11. The van der Waals surface area contributed by atoms with Gasteiger partial charge in [-0.25, -0.2) is 0 Å². The average molecular weight is 305 g/mol. The van der Waals surface area contributed by atoms with Crippen LogP contribution < -0.4 is 10.1 Å². The summed E-state index contributed by atoms with van der Waals surface area (Å²) in [4.78, 5) is 4.17. The van der Waals surface area contributed by atoms with E-state index in [0.717, 1.165) is 30.0 Å². The topological polar surface area (TPSA) is 34.1 Å². The molecule has 0 aliphatic rings. The zero-order valence-corrected chi connectivity index (χ0v) is 13.4. The van der Waals surface area contributed by atoms with E-state index in [0.29, 0.717) is 16.7 Å². The van der Waals surface area contributed by atoms with E-state index in [4.69, 9.17) is 16.3 Å². The zero-order valence-electron chi connectivity index (χ0n) is 12.7. The van der Waals surface area contributed by atoms with Gasteiger partial charge in [0, 0.05) is 24.5 Å². The normalized spacial score (nSPS) is 10.9. The Kier molecular flexibility index (Phi) is 5.59. The molecule has 0 aliphatic heterocycles. The van der Waals surface area contributed by atoms with E-state index < -0.39 is 0 Å². The number of rotatable bonds is 6. The molecule has 0 radical (unpaired) electrons. The summed E-state index contributed by atoms with van der Waals surface area (Å²) in [6.45, 7) is 8.06. The maximum atomic E-state index is 6.19. The highest BCUT2D eigenvalue weighted by molar-refractivity contribution is 6.32. The van der Waals surface area contributed by atoms with Crippen molar-refractivity contribution in [3.63, 3.8) is 0 Å². The summed E-state index contributed by atoms with van der Waals surface area (Å²) in [6, 6.07) is 7.62. The first-order chi connectivity index (χ1) is 10.1. The largest absolute Gasteiger partial charge is 0.455 e. The van der Waals surface area contributed by atoms with Crippen LogP contribution >= 0.6 is 11.6 Å². The first-order valence-electron chi connectivity index (χ1n) is 7.14. The van der Waals surface area contributed by atoms with Gasteiger partial charge in [-0.05, 0) is 43.1 Å². The third-order valence-electron chi connectivity index (χ3n) is 3.03. The first-order valence-corrected chi connectivity index (χ1v) is 7.51. The van der Waals surface area contributed by atoms with Crippen molar-refractivity contribution in [1.29, 1.82) is 0 Å². The van der Waals surface area contributed by atoms with Crippen molar-refractivity contribution < 1.29 is 4.74 Å². The summed E-state index contributed by atoms with van der Waals surface area (Å²) >= 11 is 6.19. The fraction of sp³-hybridized carbons (Fsp3) is 0.353. The van der Waals surface area contributed by atoms with Gasteiger partial charge in [-0.2, -0.15) is 0 Å². The number of aryl methyl sites for hydroxylation is 1. The highest BCUT2D eigenvalue weighted by Gasteiger charge is 2.08. The monoisotopic (exact) mass is 304 g/mol. The lowest BCUT2D eigenvalue weighted by Gasteiger charge is -2.13. The van der Waals surface area contributed by atoms with E-state index >= 15 is 0 Å². The van der Waals surface area contributed by atoms with Crippen LogP contribution in [-0.4, -0.2) is 11.5 Å². The molecule has 1 heterocycles. The van der Waals surface area contributed by atoms with Crippen molar-refractivity contribution in [2.24, 2.45) is 5.92 Å². The van der Waals surface area contributed by atoms with Gasteiger partial charge in [-0.15, -0.1) is 0 Å². The van der Waals surface area contributed by atoms with E-state index in [1.807, 2.05) is 37.4 Å². The summed E-state index contributed by atoms with van der Waals surface area (Å²) in [5, 5.41) is 4.01. The van der Waals surface area contributed by atoms with Crippen molar-refractivity contribution in [2.75, 3.05) is 6.54 Å². The summed E-state index contributed by atoms with van der Waals surface area (Å²) < 4.78 is 5.97. The predicted octanol–water partition coefficient (Wildman–Crippen LogP) is 4.58. The summed E-state index contributed by atoms with van der Waals surface area (Å²) in [5.74, 6) is 2.07. The molecule has 0 unspecified atom stereocenters. The Morgan fingerprint density at radius 3 is 2.81 bits per heavy atom.